The lowest BCUT2D eigenvalue weighted by Crippen LogP contribution is -2.46. The highest BCUT2D eigenvalue weighted by molar-refractivity contribution is 7.86. The van der Waals surface area contributed by atoms with Gasteiger partial charge in [0.15, 0.2) is 24.2 Å². The lowest BCUT2D eigenvalue weighted by atomic mass is 10.0. The molecule has 9 fully saturated rings. The van der Waals surface area contributed by atoms with E-state index in [4.69, 9.17) is 66.6 Å². The molecule has 0 unspecified atom stereocenters. The monoisotopic (exact) mass is 1450 g/mol. The number of halogens is 1. The fourth-order valence-electron chi connectivity index (χ4n) is 12.6. The number of aliphatic hydroxyl groups excluding tert-OH is 4. The molecule has 9 aliphatic rings. The molecule has 542 valence electrons. The third-order valence-corrected chi connectivity index (χ3v) is 18.2. The number of benzene rings is 4. The standard InChI is InChI=1S/C21H23NO5.C17H21NO6.C16H21N3O7S.C11H18FNO4.3H2S/c23-17-14-26-20-18(25-12-15-7-3-1-4-8-15)11-22(19(17)20)21(24)27-13-16-9-5-2-6-10-16;1-17(2)23-14-12-13(22-15(14)24-17)11(19)8-18(12)16(20)21-9-10-6-4-3-5-7-10;1-9-4-6-10(7-5-9)27(21,22)23-8-11(20)13-12(18-19-17)14-15(24-13)26-16(2,3)25-14;1-11(2,3)17-10(15)13-4-6(12)9-8(13)7(14)5-16-9;;;/h1-10,17-20,23H,11-14H2;3-7,11-15,19H,8-9H2,1-2H3;4-7,11-15,20H,8H2,1-3H3;6-9,14H,4-5H2,1-3H3;3*1H2/t17-,18+,19+,20+;2*11-,12+,13-,14-,15-;6-,7-,8+,9+;;;/m0110.../s1. The number of azide groups is 1. The van der Waals surface area contributed by atoms with Crippen molar-refractivity contribution in [3.05, 3.63) is 148 Å². The predicted octanol–water partition coefficient (Wildman–Crippen LogP) is 6.26. The third kappa shape index (κ3) is 19.3. The Morgan fingerprint density at radius 1 is 0.633 bits per heavy atom. The highest BCUT2D eigenvalue weighted by atomic mass is 32.2. The van der Waals surface area contributed by atoms with E-state index in [0.29, 0.717) is 13.2 Å². The number of aliphatic hydroxyl groups is 4. The van der Waals surface area contributed by atoms with E-state index >= 15 is 0 Å². The van der Waals surface area contributed by atoms with Gasteiger partial charge in [0.25, 0.3) is 10.1 Å². The van der Waals surface area contributed by atoms with Crippen LogP contribution < -0.4 is 0 Å². The number of ether oxygens (including phenoxy) is 12. The molecule has 9 heterocycles. The van der Waals surface area contributed by atoms with Crippen molar-refractivity contribution in [2.45, 2.75) is 207 Å². The van der Waals surface area contributed by atoms with E-state index in [1.807, 2.05) is 97.9 Å². The quantitative estimate of drug-likeness (QED) is 0.0377. The Morgan fingerprint density at radius 3 is 1.64 bits per heavy atom. The van der Waals surface area contributed by atoms with Gasteiger partial charge < -0.3 is 77.3 Å². The molecule has 4 aromatic carbocycles. The topological polar surface area (TPSA) is 345 Å². The average molecular weight is 1450 g/mol. The fourth-order valence-corrected chi connectivity index (χ4v) is 13.5. The van der Waals surface area contributed by atoms with Crippen LogP contribution in [0.2, 0.25) is 0 Å². The normalized spacial score (nSPS) is 31.2. The molecule has 3 amide bonds. The minimum absolute atomic E-state index is 0. The Labute approximate surface area is 589 Å². The van der Waals surface area contributed by atoms with Crippen molar-refractivity contribution >= 4 is 68.9 Å². The van der Waals surface area contributed by atoms with Crippen LogP contribution in [0.5, 0.6) is 0 Å². The lowest BCUT2D eigenvalue weighted by molar-refractivity contribution is -0.217. The van der Waals surface area contributed by atoms with Gasteiger partial charge in [0, 0.05) is 4.91 Å². The molecule has 0 aromatic heterocycles. The Morgan fingerprint density at radius 2 is 1.11 bits per heavy atom. The first kappa shape index (κ1) is 79.7. The molecule has 98 heavy (non-hydrogen) atoms. The largest absolute Gasteiger partial charge is 0.445 e. The number of aryl methyl sites for hydroxylation is 1. The Kier molecular flexibility index (Phi) is 27.6. The van der Waals surface area contributed by atoms with Crippen molar-refractivity contribution in [3.8, 4) is 0 Å². The molecule has 33 heteroatoms. The maximum absolute atomic E-state index is 13.6. The minimum Gasteiger partial charge on any atom is -0.445 e. The first-order valence-electron chi connectivity index (χ1n) is 31.3. The zero-order valence-corrected chi connectivity index (χ0v) is 59.1. The summed E-state index contributed by atoms with van der Waals surface area (Å²) < 4.78 is 110. The summed E-state index contributed by atoms with van der Waals surface area (Å²) in [4.78, 5) is 44.0. The van der Waals surface area contributed by atoms with Crippen molar-refractivity contribution in [1.82, 2.24) is 14.7 Å². The second-order valence-corrected chi connectivity index (χ2v) is 27.7. The average Bonchev–Trinajstić information content (AvgIpc) is 1.58. The summed E-state index contributed by atoms with van der Waals surface area (Å²) >= 11 is 0. The molecule has 0 spiro atoms. The number of fused-ring (bicyclic) bond motifs is 6. The number of carbonyl (C=O) groups excluding carboxylic acids is 3. The zero-order chi connectivity index (χ0) is 68.1. The number of likely N-dealkylation sites (tertiary alicyclic amines) is 3. The van der Waals surface area contributed by atoms with Crippen molar-refractivity contribution in [2.75, 3.05) is 39.5 Å². The van der Waals surface area contributed by atoms with Gasteiger partial charge in [0.2, 0.25) is 0 Å². The molecule has 0 saturated carbocycles. The molecule has 4 aromatic rings. The summed E-state index contributed by atoms with van der Waals surface area (Å²) in [6, 6.07) is 32.6. The molecule has 0 bridgehead atoms. The Bertz CT molecular complexity index is 3410. The molecule has 4 N–H and O–H groups in total. The van der Waals surface area contributed by atoms with E-state index in [1.54, 1.807) is 65.5 Å². The summed E-state index contributed by atoms with van der Waals surface area (Å²) in [5, 5.41) is 44.2. The number of amides is 3. The zero-order valence-electron chi connectivity index (χ0n) is 55.3. The molecule has 9 saturated heterocycles. The number of β-amino-alcohol motifs (C(OH)–C–C–N with tert-alkyl or cyclic N) is 1. The SMILES string of the molecule is CC(C)(C)OC(=O)N1C[C@H](F)[C@H]2OC[C@H](O)[C@H]21.CC1(C)O[C@H]2O[C@H]3[C@@H]([C@H]2O1)N(C(=O)OCc1ccccc1)C[C@H]3O.Cc1ccc(S(=O)(=O)OC[C@@H](O)[C@H]2O[C@@H]3OC(C)(C)O[C@@H]3[C@H]2N=[N+]=[N-])cc1.O=C(OCc1ccccc1)N1C[C@@H](OCc2ccccc2)[C@H]2OC[C@H](O)[C@H]21.S.S.S. The lowest BCUT2D eigenvalue weighted by Gasteiger charge is -2.28. The van der Waals surface area contributed by atoms with Gasteiger partial charge in [0.05, 0.1) is 75.1 Å². The summed E-state index contributed by atoms with van der Waals surface area (Å²) in [6.07, 6.45) is -12.0. The van der Waals surface area contributed by atoms with Gasteiger partial charge in [-0.3, -0.25) is 18.9 Å². The van der Waals surface area contributed by atoms with Crippen LogP contribution >= 0.6 is 40.5 Å². The molecule has 13 rings (SSSR count). The van der Waals surface area contributed by atoms with Gasteiger partial charge in [0.1, 0.15) is 92.1 Å². The number of alkyl halides is 1. The van der Waals surface area contributed by atoms with Crippen LogP contribution in [-0.4, -0.2) is 229 Å². The van der Waals surface area contributed by atoms with Crippen LogP contribution in [0, 0.1) is 6.92 Å². The van der Waals surface area contributed by atoms with Gasteiger partial charge in [-0.15, -0.1) is 0 Å². The minimum atomic E-state index is -4.05. The van der Waals surface area contributed by atoms with Gasteiger partial charge in [-0.05, 0) is 89.7 Å². The number of carbonyl (C=O) groups is 3. The van der Waals surface area contributed by atoms with Crippen molar-refractivity contribution in [1.29, 1.82) is 0 Å². The fraction of sp³-hybridized carbons (Fsp3) is 0.585. The molecule has 0 aliphatic carbocycles. The molecule has 0 radical (unpaired) electrons. The van der Waals surface area contributed by atoms with Crippen molar-refractivity contribution < 1.29 is 109 Å². The van der Waals surface area contributed by atoms with Gasteiger partial charge in [-0.25, -0.2) is 18.8 Å². The second-order valence-electron chi connectivity index (χ2n) is 26.1. The smallest absolute Gasteiger partial charge is 0.410 e. The predicted molar refractivity (Wildman–Crippen MR) is 360 cm³/mol. The maximum Gasteiger partial charge on any atom is 0.410 e. The summed E-state index contributed by atoms with van der Waals surface area (Å²) in [5.41, 5.74) is 12.0. The molecule has 18 atom stereocenters. The highest BCUT2D eigenvalue weighted by Crippen LogP contribution is 2.44. The first-order chi connectivity index (χ1) is 45.1. The van der Waals surface area contributed by atoms with Crippen LogP contribution in [0.3, 0.4) is 0 Å². The van der Waals surface area contributed by atoms with E-state index < -0.39 is 150 Å². The van der Waals surface area contributed by atoms with Gasteiger partial charge in [-0.2, -0.15) is 48.9 Å². The van der Waals surface area contributed by atoms with Crippen molar-refractivity contribution in [2.24, 2.45) is 5.11 Å². The number of rotatable bonds is 13. The number of hydrogen-bond acceptors (Lipinski definition) is 23. The van der Waals surface area contributed by atoms with Crippen LogP contribution in [0.25, 0.3) is 10.4 Å². The van der Waals surface area contributed by atoms with Crippen LogP contribution in [0.1, 0.15) is 70.7 Å². The van der Waals surface area contributed by atoms with E-state index in [-0.39, 0.29) is 97.1 Å². The van der Waals surface area contributed by atoms with E-state index in [0.717, 1.165) is 22.3 Å². The molecule has 28 nitrogen and oxygen atoms in total. The van der Waals surface area contributed by atoms with Gasteiger partial charge in [-0.1, -0.05) is 114 Å². The summed E-state index contributed by atoms with van der Waals surface area (Å²) in [7, 11) is -4.05. The van der Waals surface area contributed by atoms with E-state index in [2.05, 4.69) is 10.0 Å². The Hall–Kier alpha value is -5.63. The maximum atomic E-state index is 13.6. The number of nitrogens with zero attached hydrogens (tertiary/aromatic N) is 6. The second kappa shape index (κ2) is 33.9. The molecular formula is C65H89FN6O22S4. The highest BCUT2D eigenvalue weighted by Gasteiger charge is 2.63. The summed E-state index contributed by atoms with van der Waals surface area (Å²) in [5.74, 6) is -1.69. The van der Waals surface area contributed by atoms with E-state index in [9.17, 15) is 47.6 Å². The van der Waals surface area contributed by atoms with Crippen LogP contribution in [0.15, 0.2) is 125 Å². The molecular weight excluding hydrogens is 1360 g/mol. The first-order valence-corrected chi connectivity index (χ1v) is 32.7. The number of hydrogen-bond donors (Lipinski definition) is 4. The summed E-state index contributed by atoms with van der Waals surface area (Å²) in [6.45, 7) is 14.9. The third-order valence-electron chi connectivity index (χ3n) is 16.9. The molecule has 9 aliphatic heterocycles. The van der Waals surface area contributed by atoms with Gasteiger partial charge >= 0.3 is 18.3 Å². The van der Waals surface area contributed by atoms with E-state index in [1.165, 1.54) is 21.9 Å². The Balaban J connectivity index is 0.000000184. The van der Waals surface area contributed by atoms with Crippen molar-refractivity contribution in [3.63, 3.8) is 0 Å². The van der Waals surface area contributed by atoms with Crippen LogP contribution in [0.4, 0.5) is 18.8 Å². The van der Waals surface area contributed by atoms with Crippen LogP contribution in [-0.2, 0) is 91.0 Å².